The second kappa shape index (κ2) is 6.88. The van der Waals surface area contributed by atoms with Crippen molar-refractivity contribution in [2.45, 2.75) is 36.3 Å². The molecule has 19 heavy (non-hydrogen) atoms. The fraction of sp³-hybridized carbons (Fsp3) is 1.00. The third kappa shape index (κ3) is 3.40. The highest BCUT2D eigenvalue weighted by molar-refractivity contribution is 4.99. The molecule has 0 amide bonds. The molecule has 0 radical (unpaired) electrons. The van der Waals surface area contributed by atoms with E-state index in [9.17, 15) is 25.5 Å². The zero-order valence-electron chi connectivity index (χ0n) is 10.2. The van der Waals surface area contributed by atoms with E-state index < -0.39 is 62.7 Å². The average Bonchev–Trinajstić information content (AvgIpc) is 2.44. The first-order valence-corrected chi connectivity index (χ1v) is 5.76. The molecule has 1 aliphatic heterocycles. The van der Waals surface area contributed by atoms with Crippen molar-refractivity contribution in [3.05, 3.63) is 0 Å². The smallest absolute Gasteiger partial charge is 0.187 e. The molecule has 0 aliphatic carbocycles. The van der Waals surface area contributed by atoms with E-state index in [1.807, 2.05) is 0 Å². The van der Waals surface area contributed by atoms with Crippen molar-refractivity contribution >= 4 is 0 Å². The zero-order chi connectivity index (χ0) is 14.6. The number of hydrogen-bond donors (Lipinski definition) is 7. The second-order valence-electron chi connectivity index (χ2n) is 4.46. The number of ether oxygens (including phenoxy) is 2. The van der Waals surface area contributed by atoms with Crippen LogP contribution in [0.15, 0.2) is 0 Å². The van der Waals surface area contributed by atoms with Crippen molar-refractivity contribution in [3.63, 3.8) is 0 Å². The molecule has 1 rings (SSSR count). The molecule has 9 heteroatoms. The summed E-state index contributed by atoms with van der Waals surface area (Å²) < 4.78 is 10.0. The predicted octanol–water partition coefficient (Wildman–Crippen LogP) is -4.48. The van der Waals surface area contributed by atoms with Gasteiger partial charge in [-0.05, 0) is 0 Å². The van der Waals surface area contributed by atoms with E-state index >= 15 is 0 Å². The maximum absolute atomic E-state index is 9.70. The lowest BCUT2D eigenvalue weighted by atomic mass is 9.88. The van der Waals surface area contributed by atoms with Crippen LogP contribution in [0.1, 0.15) is 0 Å². The molecule has 0 spiro atoms. The largest absolute Gasteiger partial charge is 0.394 e. The summed E-state index contributed by atoms with van der Waals surface area (Å²) in [6, 6.07) is 0. The van der Waals surface area contributed by atoms with Gasteiger partial charge in [-0.3, -0.25) is 0 Å². The Bertz CT molecular complexity index is 270. The second-order valence-corrected chi connectivity index (χ2v) is 4.46. The zero-order valence-corrected chi connectivity index (χ0v) is 10.2. The molecule has 9 nitrogen and oxygen atoms in total. The molecule has 2 unspecified atom stereocenters. The first-order valence-electron chi connectivity index (χ1n) is 5.76. The van der Waals surface area contributed by atoms with Gasteiger partial charge >= 0.3 is 0 Å². The summed E-state index contributed by atoms with van der Waals surface area (Å²) in [6.45, 7) is -2.58. The summed E-state index contributed by atoms with van der Waals surface area (Å²) in [6.07, 6.45) is -7.73. The third-order valence-corrected chi connectivity index (χ3v) is 3.04. The van der Waals surface area contributed by atoms with Crippen LogP contribution in [-0.4, -0.2) is 98.5 Å². The van der Waals surface area contributed by atoms with Gasteiger partial charge in [-0.2, -0.15) is 0 Å². The van der Waals surface area contributed by atoms with Crippen LogP contribution in [0.5, 0.6) is 0 Å². The molecule has 7 N–H and O–H groups in total. The standard InChI is InChI=1S/C10H20O9/c11-1-5(14)2-18-9-7(16)6(15)8(17)10(3-12,4-13)19-9/h5-9,11-17H,1-4H2/t5?,6-,7-,8-,9?/m0/s1. The fourth-order valence-electron chi connectivity index (χ4n) is 1.73. The molecule has 5 atom stereocenters. The highest BCUT2D eigenvalue weighted by Crippen LogP contribution is 2.30. The number of hydrogen-bond acceptors (Lipinski definition) is 9. The lowest BCUT2D eigenvalue weighted by Gasteiger charge is -2.46. The van der Waals surface area contributed by atoms with Crippen molar-refractivity contribution in [2.24, 2.45) is 0 Å². The van der Waals surface area contributed by atoms with Crippen molar-refractivity contribution in [1.29, 1.82) is 0 Å². The summed E-state index contributed by atoms with van der Waals surface area (Å²) >= 11 is 0. The van der Waals surface area contributed by atoms with Crippen LogP contribution in [-0.2, 0) is 9.47 Å². The molecule has 1 aliphatic rings. The fourth-order valence-corrected chi connectivity index (χ4v) is 1.73. The van der Waals surface area contributed by atoms with Crippen LogP contribution in [0.25, 0.3) is 0 Å². The monoisotopic (exact) mass is 284 g/mol. The Morgan fingerprint density at radius 1 is 1.05 bits per heavy atom. The van der Waals surface area contributed by atoms with Crippen molar-refractivity contribution in [1.82, 2.24) is 0 Å². The SMILES string of the molecule is OCC(O)COC1OC(CO)(CO)[C@@H](O)[C@@H](O)[C@@H]1O. The van der Waals surface area contributed by atoms with Gasteiger partial charge in [0.2, 0.25) is 0 Å². The molecule has 0 saturated carbocycles. The average molecular weight is 284 g/mol. The topological polar surface area (TPSA) is 160 Å². The van der Waals surface area contributed by atoms with Crippen molar-refractivity contribution in [2.75, 3.05) is 26.4 Å². The summed E-state index contributed by atoms with van der Waals surface area (Å²) in [7, 11) is 0. The third-order valence-electron chi connectivity index (χ3n) is 3.04. The molecule has 0 aromatic rings. The molecule has 1 heterocycles. The van der Waals surface area contributed by atoms with Gasteiger partial charge in [0.15, 0.2) is 6.29 Å². The number of aliphatic hydroxyl groups excluding tert-OH is 7. The molecule has 1 saturated heterocycles. The van der Waals surface area contributed by atoms with Crippen molar-refractivity contribution < 1.29 is 45.2 Å². The number of rotatable bonds is 6. The van der Waals surface area contributed by atoms with Crippen LogP contribution < -0.4 is 0 Å². The lowest BCUT2D eigenvalue weighted by molar-refractivity contribution is -0.346. The molecule has 0 bridgehead atoms. The first-order chi connectivity index (χ1) is 8.91. The van der Waals surface area contributed by atoms with E-state index in [-0.39, 0.29) is 0 Å². The van der Waals surface area contributed by atoms with E-state index in [0.717, 1.165) is 0 Å². The highest BCUT2D eigenvalue weighted by Gasteiger charge is 2.53. The maximum atomic E-state index is 9.70. The van der Waals surface area contributed by atoms with Gasteiger partial charge in [-0.1, -0.05) is 0 Å². The highest BCUT2D eigenvalue weighted by atomic mass is 16.7. The summed E-state index contributed by atoms with van der Waals surface area (Å²) in [5.41, 5.74) is -1.88. The normalized spacial score (nSPS) is 36.2. The van der Waals surface area contributed by atoms with E-state index in [1.165, 1.54) is 0 Å². The van der Waals surface area contributed by atoms with Gasteiger partial charge in [0, 0.05) is 0 Å². The molecular formula is C10H20O9. The van der Waals surface area contributed by atoms with Gasteiger partial charge in [0.25, 0.3) is 0 Å². The molecule has 0 aromatic heterocycles. The Morgan fingerprint density at radius 3 is 2.11 bits per heavy atom. The van der Waals surface area contributed by atoms with E-state index in [0.29, 0.717) is 0 Å². The molecule has 0 aromatic carbocycles. The van der Waals surface area contributed by atoms with Crippen LogP contribution in [0.3, 0.4) is 0 Å². The van der Waals surface area contributed by atoms with Gasteiger partial charge in [0.1, 0.15) is 30.0 Å². The summed E-state index contributed by atoms with van der Waals surface area (Å²) in [4.78, 5) is 0. The molecule has 114 valence electrons. The number of aliphatic hydroxyl groups is 7. The lowest BCUT2D eigenvalue weighted by Crippen LogP contribution is -2.67. The van der Waals surface area contributed by atoms with Crippen LogP contribution in [0, 0.1) is 0 Å². The van der Waals surface area contributed by atoms with Crippen LogP contribution in [0.4, 0.5) is 0 Å². The molecule has 1 fully saturated rings. The quantitative estimate of drug-likeness (QED) is 0.255. The van der Waals surface area contributed by atoms with Crippen LogP contribution >= 0.6 is 0 Å². The van der Waals surface area contributed by atoms with Crippen molar-refractivity contribution in [3.8, 4) is 0 Å². The van der Waals surface area contributed by atoms with Crippen LogP contribution in [0.2, 0.25) is 0 Å². The Labute approximate surface area is 109 Å². The Morgan fingerprint density at radius 2 is 1.63 bits per heavy atom. The Hall–Kier alpha value is -0.360. The van der Waals surface area contributed by atoms with Gasteiger partial charge < -0.3 is 45.2 Å². The van der Waals surface area contributed by atoms with E-state index in [1.54, 1.807) is 0 Å². The maximum Gasteiger partial charge on any atom is 0.187 e. The minimum absolute atomic E-state index is 0.395. The Balaban J connectivity index is 2.76. The minimum Gasteiger partial charge on any atom is -0.394 e. The van der Waals surface area contributed by atoms with E-state index in [2.05, 4.69) is 0 Å². The summed E-state index contributed by atoms with van der Waals surface area (Å²) in [5, 5.41) is 65.1. The predicted molar refractivity (Wildman–Crippen MR) is 58.8 cm³/mol. The van der Waals surface area contributed by atoms with Gasteiger partial charge in [0.05, 0.1) is 26.4 Å². The van der Waals surface area contributed by atoms with Gasteiger partial charge in [-0.25, -0.2) is 0 Å². The van der Waals surface area contributed by atoms with Gasteiger partial charge in [-0.15, -0.1) is 0 Å². The summed E-state index contributed by atoms with van der Waals surface area (Å²) in [5.74, 6) is 0. The van der Waals surface area contributed by atoms with E-state index in [4.69, 9.17) is 19.7 Å². The Kier molecular flexibility index (Phi) is 6.05. The minimum atomic E-state index is -1.88. The molecular weight excluding hydrogens is 264 g/mol. The first kappa shape index (κ1) is 16.7.